The van der Waals surface area contributed by atoms with Gasteiger partial charge < -0.3 is 10.4 Å². The van der Waals surface area contributed by atoms with E-state index >= 15 is 0 Å². The summed E-state index contributed by atoms with van der Waals surface area (Å²) in [7, 11) is 0. The van der Waals surface area contributed by atoms with Crippen LogP contribution in [0.25, 0.3) is 5.69 Å². The molecule has 1 saturated carbocycles. The number of benzene rings is 1. The summed E-state index contributed by atoms with van der Waals surface area (Å²) in [4.78, 5) is 1.68. The first-order chi connectivity index (χ1) is 10.6. The lowest BCUT2D eigenvalue weighted by atomic mass is 9.99. The minimum Gasteiger partial charge on any atom is -0.394 e. The first-order valence-corrected chi connectivity index (χ1v) is 7.96. The molecule has 0 bridgehead atoms. The van der Waals surface area contributed by atoms with Gasteiger partial charge >= 0.3 is 0 Å². The average molecular weight is 300 g/mol. The third kappa shape index (κ3) is 3.20. The summed E-state index contributed by atoms with van der Waals surface area (Å²) in [5.41, 5.74) is 4.18. The molecule has 1 aromatic heterocycles. The number of rotatable bonds is 5. The van der Waals surface area contributed by atoms with Crippen LogP contribution >= 0.6 is 0 Å². The molecule has 118 valence electrons. The molecule has 0 radical (unpaired) electrons. The van der Waals surface area contributed by atoms with Crippen LogP contribution in [0.1, 0.15) is 42.5 Å². The summed E-state index contributed by atoms with van der Waals surface area (Å²) in [5.74, 6) is 0. The van der Waals surface area contributed by atoms with E-state index in [9.17, 15) is 5.11 Å². The van der Waals surface area contributed by atoms with Crippen molar-refractivity contribution >= 4 is 0 Å². The largest absolute Gasteiger partial charge is 0.394 e. The molecular formula is C17H24N4O. The summed E-state index contributed by atoms with van der Waals surface area (Å²) in [5, 5.41) is 22.0. The standard InChI is InChI=1S/C17H24N4O/c1-13-7-14(2)9-16(8-13)21-19-11-15(20-21)10-18-17(12-22)5-3-4-6-17/h7-9,11,18,22H,3-6,10,12H2,1-2H3. The van der Waals surface area contributed by atoms with Gasteiger partial charge in [-0.25, -0.2) is 0 Å². The highest BCUT2D eigenvalue weighted by Crippen LogP contribution is 2.29. The van der Waals surface area contributed by atoms with E-state index in [1.807, 2.05) is 0 Å². The molecule has 0 spiro atoms. The van der Waals surface area contributed by atoms with Gasteiger partial charge in [-0.05, 0) is 49.9 Å². The van der Waals surface area contributed by atoms with Crippen molar-refractivity contribution < 1.29 is 5.11 Å². The van der Waals surface area contributed by atoms with E-state index < -0.39 is 0 Å². The zero-order valence-electron chi connectivity index (χ0n) is 13.3. The van der Waals surface area contributed by atoms with Gasteiger partial charge in [-0.1, -0.05) is 18.9 Å². The van der Waals surface area contributed by atoms with Gasteiger partial charge in [0.25, 0.3) is 0 Å². The second-order valence-electron chi connectivity index (χ2n) is 6.47. The lowest BCUT2D eigenvalue weighted by molar-refractivity contribution is 0.162. The Labute approximate surface area is 131 Å². The Morgan fingerprint density at radius 3 is 2.50 bits per heavy atom. The molecular weight excluding hydrogens is 276 g/mol. The molecule has 1 heterocycles. The quantitative estimate of drug-likeness (QED) is 0.889. The van der Waals surface area contributed by atoms with Gasteiger partial charge in [-0.3, -0.25) is 0 Å². The van der Waals surface area contributed by atoms with Gasteiger partial charge in [-0.15, -0.1) is 0 Å². The van der Waals surface area contributed by atoms with E-state index in [1.165, 1.54) is 24.0 Å². The van der Waals surface area contributed by atoms with Crippen LogP contribution < -0.4 is 5.32 Å². The van der Waals surface area contributed by atoms with E-state index in [2.05, 4.69) is 47.6 Å². The predicted octanol–water partition coefficient (Wildman–Crippen LogP) is 2.28. The van der Waals surface area contributed by atoms with Crippen LogP contribution in [0.5, 0.6) is 0 Å². The maximum atomic E-state index is 9.64. The van der Waals surface area contributed by atoms with Crippen molar-refractivity contribution in [3.63, 3.8) is 0 Å². The van der Waals surface area contributed by atoms with Crippen molar-refractivity contribution in [3.05, 3.63) is 41.2 Å². The highest BCUT2D eigenvalue weighted by atomic mass is 16.3. The number of aryl methyl sites for hydroxylation is 2. The molecule has 5 nitrogen and oxygen atoms in total. The smallest absolute Gasteiger partial charge is 0.0969 e. The van der Waals surface area contributed by atoms with Crippen LogP contribution in [0.2, 0.25) is 0 Å². The first kappa shape index (κ1) is 15.2. The molecule has 5 heteroatoms. The van der Waals surface area contributed by atoms with Gasteiger partial charge in [0, 0.05) is 12.1 Å². The molecule has 1 aliphatic rings. The van der Waals surface area contributed by atoms with Gasteiger partial charge in [0.15, 0.2) is 0 Å². The number of aliphatic hydroxyl groups is 1. The molecule has 0 atom stereocenters. The zero-order chi connectivity index (χ0) is 15.6. The average Bonchev–Trinajstić information content (AvgIpc) is 3.14. The van der Waals surface area contributed by atoms with Gasteiger partial charge in [0.1, 0.15) is 0 Å². The molecule has 1 aliphatic carbocycles. The van der Waals surface area contributed by atoms with Crippen molar-refractivity contribution in [1.29, 1.82) is 0 Å². The molecule has 3 rings (SSSR count). The summed E-state index contributed by atoms with van der Waals surface area (Å²) < 4.78 is 0. The predicted molar refractivity (Wildman–Crippen MR) is 86.0 cm³/mol. The van der Waals surface area contributed by atoms with Crippen LogP contribution in [0.3, 0.4) is 0 Å². The summed E-state index contributed by atoms with van der Waals surface area (Å²) >= 11 is 0. The number of nitrogens with one attached hydrogen (secondary N) is 1. The zero-order valence-corrected chi connectivity index (χ0v) is 13.3. The van der Waals surface area contributed by atoms with E-state index in [0.717, 1.165) is 24.2 Å². The van der Waals surface area contributed by atoms with E-state index in [0.29, 0.717) is 6.54 Å². The maximum absolute atomic E-state index is 9.64. The van der Waals surface area contributed by atoms with E-state index in [-0.39, 0.29) is 12.1 Å². The number of hydrogen-bond acceptors (Lipinski definition) is 4. The molecule has 1 fully saturated rings. The van der Waals surface area contributed by atoms with Gasteiger partial charge in [0.05, 0.1) is 24.2 Å². The van der Waals surface area contributed by atoms with Crippen LogP contribution in [0, 0.1) is 13.8 Å². The summed E-state index contributed by atoms with van der Waals surface area (Å²) in [6, 6.07) is 6.30. The Morgan fingerprint density at radius 2 is 1.86 bits per heavy atom. The van der Waals surface area contributed by atoms with Crippen molar-refractivity contribution in [2.45, 2.75) is 51.6 Å². The first-order valence-electron chi connectivity index (χ1n) is 7.96. The SMILES string of the molecule is Cc1cc(C)cc(-n2ncc(CNC3(CO)CCCC3)n2)c1. The van der Waals surface area contributed by atoms with Crippen molar-refractivity contribution in [2.75, 3.05) is 6.61 Å². The molecule has 0 amide bonds. The minimum atomic E-state index is -0.121. The third-order valence-electron chi connectivity index (χ3n) is 4.48. The Kier molecular flexibility index (Phi) is 4.27. The molecule has 2 aromatic rings. The summed E-state index contributed by atoms with van der Waals surface area (Å²) in [6.07, 6.45) is 6.24. The number of aliphatic hydroxyl groups excluding tert-OH is 1. The van der Waals surface area contributed by atoms with Gasteiger partial charge in [0.2, 0.25) is 0 Å². The maximum Gasteiger partial charge on any atom is 0.0969 e. The topological polar surface area (TPSA) is 63.0 Å². The molecule has 2 N–H and O–H groups in total. The van der Waals surface area contributed by atoms with Crippen LogP contribution in [0.15, 0.2) is 24.4 Å². The monoisotopic (exact) mass is 300 g/mol. The van der Waals surface area contributed by atoms with E-state index in [1.54, 1.807) is 11.0 Å². The number of nitrogens with zero attached hydrogens (tertiary/aromatic N) is 3. The molecule has 22 heavy (non-hydrogen) atoms. The van der Waals surface area contributed by atoms with Gasteiger partial charge in [-0.2, -0.15) is 15.0 Å². The number of hydrogen-bond donors (Lipinski definition) is 2. The minimum absolute atomic E-state index is 0.121. The second kappa shape index (κ2) is 6.18. The highest BCUT2D eigenvalue weighted by Gasteiger charge is 2.32. The van der Waals surface area contributed by atoms with Crippen LogP contribution in [-0.4, -0.2) is 32.2 Å². The fourth-order valence-electron chi connectivity index (χ4n) is 3.29. The van der Waals surface area contributed by atoms with Crippen molar-refractivity contribution in [2.24, 2.45) is 0 Å². The lowest BCUT2D eigenvalue weighted by Gasteiger charge is -2.27. The van der Waals surface area contributed by atoms with Crippen LogP contribution in [0.4, 0.5) is 0 Å². The molecule has 1 aromatic carbocycles. The number of aromatic nitrogens is 3. The fourth-order valence-corrected chi connectivity index (χ4v) is 3.29. The Balaban J connectivity index is 1.71. The molecule has 0 unspecified atom stereocenters. The third-order valence-corrected chi connectivity index (χ3v) is 4.48. The molecule has 0 saturated heterocycles. The fraction of sp³-hybridized carbons (Fsp3) is 0.529. The Bertz CT molecular complexity index is 624. The Hall–Kier alpha value is -1.72. The van der Waals surface area contributed by atoms with E-state index in [4.69, 9.17) is 0 Å². The lowest BCUT2D eigenvalue weighted by Crippen LogP contribution is -2.45. The second-order valence-corrected chi connectivity index (χ2v) is 6.47. The Morgan fingerprint density at radius 1 is 1.18 bits per heavy atom. The highest BCUT2D eigenvalue weighted by molar-refractivity contribution is 5.37. The van der Waals surface area contributed by atoms with Crippen molar-refractivity contribution in [3.8, 4) is 5.69 Å². The normalized spacial score (nSPS) is 17.0. The summed E-state index contributed by atoms with van der Waals surface area (Å²) in [6.45, 7) is 4.99. The van der Waals surface area contributed by atoms with Crippen molar-refractivity contribution in [1.82, 2.24) is 20.3 Å². The van der Waals surface area contributed by atoms with Crippen LogP contribution in [-0.2, 0) is 6.54 Å². The molecule has 0 aliphatic heterocycles.